The first kappa shape index (κ1) is 24.5. The van der Waals surface area contributed by atoms with Crippen LogP contribution < -0.4 is 0 Å². The fraction of sp³-hybridized carbons (Fsp3) is 0.864. The molecule has 3 unspecified atom stereocenters. The van der Waals surface area contributed by atoms with Crippen molar-refractivity contribution in [1.29, 1.82) is 0 Å². The number of ether oxygens (including phenoxy) is 2. The molecule has 0 saturated heterocycles. The topological polar surface area (TPSA) is 44.8 Å². The Labute approximate surface area is 168 Å². The summed E-state index contributed by atoms with van der Waals surface area (Å²) in [4.78, 5) is 12.3. The Morgan fingerprint density at radius 2 is 1.81 bits per heavy atom. The van der Waals surface area contributed by atoms with Gasteiger partial charge in [0.25, 0.3) is 0 Å². The van der Waals surface area contributed by atoms with Crippen molar-refractivity contribution >= 4 is 14.1 Å². The second-order valence-electron chi connectivity index (χ2n) is 9.33. The van der Waals surface area contributed by atoms with Gasteiger partial charge in [0.05, 0.1) is 12.0 Å². The zero-order valence-corrected chi connectivity index (χ0v) is 19.8. The third-order valence-electron chi connectivity index (χ3n) is 6.23. The van der Waals surface area contributed by atoms with E-state index in [9.17, 15) is 4.79 Å². The molecule has 158 valence electrons. The van der Waals surface area contributed by atoms with Gasteiger partial charge in [0.1, 0.15) is 5.78 Å². The van der Waals surface area contributed by atoms with E-state index in [1.807, 2.05) is 0 Å². The molecule has 1 rings (SSSR count). The van der Waals surface area contributed by atoms with Gasteiger partial charge < -0.3 is 13.9 Å². The summed E-state index contributed by atoms with van der Waals surface area (Å²) < 4.78 is 17.5. The van der Waals surface area contributed by atoms with Gasteiger partial charge >= 0.3 is 0 Å². The van der Waals surface area contributed by atoms with Gasteiger partial charge in [-0.1, -0.05) is 59.1 Å². The Kier molecular flexibility index (Phi) is 9.90. The molecule has 0 amide bonds. The molecule has 1 aliphatic rings. The second kappa shape index (κ2) is 10.9. The van der Waals surface area contributed by atoms with Crippen LogP contribution in [0.4, 0.5) is 0 Å². The number of allylic oxidation sites excluding steroid dienone is 1. The molecule has 0 aromatic heterocycles. The predicted molar refractivity (Wildman–Crippen MR) is 114 cm³/mol. The second-order valence-corrected chi connectivity index (χ2v) is 14.1. The third kappa shape index (κ3) is 7.12. The minimum absolute atomic E-state index is 0.123. The highest BCUT2D eigenvalue weighted by Crippen LogP contribution is 2.38. The van der Waals surface area contributed by atoms with Crippen molar-refractivity contribution < 1.29 is 18.7 Å². The summed E-state index contributed by atoms with van der Waals surface area (Å²) in [6.45, 7) is 13.7. The van der Waals surface area contributed by atoms with Crippen LogP contribution in [0.2, 0.25) is 18.1 Å². The standard InChI is InChI=1S/C22H42O4Si/c1-9-10-11-12-18(26-27(7,8)22(2,3)4)15-13-17-14-16-19(23)20(17)21(24-5)25-6/h13,15,17-18,20-21H,9-12,14,16H2,1-8H3. The van der Waals surface area contributed by atoms with Crippen LogP contribution >= 0.6 is 0 Å². The molecule has 0 aromatic carbocycles. The Hall–Kier alpha value is -0.493. The van der Waals surface area contributed by atoms with Crippen LogP contribution in [0, 0.1) is 11.8 Å². The molecule has 1 fully saturated rings. The number of hydrogen-bond donors (Lipinski definition) is 0. The quantitative estimate of drug-likeness (QED) is 0.193. The smallest absolute Gasteiger partial charge is 0.192 e. The van der Waals surface area contributed by atoms with E-state index in [4.69, 9.17) is 13.9 Å². The van der Waals surface area contributed by atoms with Gasteiger partial charge in [0, 0.05) is 20.6 Å². The fourth-order valence-electron chi connectivity index (χ4n) is 3.46. The molecule has 0 aliphatic heterocycles. The monoisotopic (exact) mass is 398 g/mol. The van der Waals surface area contributed by atoms with E-state index >= 15 is 0 Å². The van der Waals surface area contributed by atoms with Crippen molar-refractivity contribution in [3.05, 3.63) is 12.2 Å². The van der Waals surface area contributed by atoms with Gasteiger partial charge in [0.2, 0.25) is 0 Å². The average molecular weight is 399 g/mol. The molecule has 0 bridgehead atoms. The van der Waals surface area contributed by atoms with Gasteiger partial charge in [-0.15, -0.1) is 0 Å². The maximum atomic E-state index is 12.3. The maximum Gasteiger partial charge on any atom is 0.192 e. The molecule has 3 atom stereocenters. The van der Waals surface area contributed by atoms with Gasteiger partial charge in [-0.2, -0.15) is 0 Å². The van der Waals surface area contributed by atoms with Gasteiger partial charge in [-0.05, 0) is 36.9 Å². The normalized spacial score (nSPS) is 22.9. The van der Waals surface area contributed by atoms with E-state index < -0.39 is 14.6 Å². The molecular formula is C22H42O4Si. The van der Waals surface area contributed by atoms with Crippen molar-refractivity contribution in [3.8, 4) is 0 Å². The minimum atomic E-state index is -1.84. The zero-order chi connectivity index (χ0) is 20.7. The van der Waals surface area contributed by atoms with Crippen LogP contribution in [0.25, 0.3) is 0 Å². The van der Waals surface area contributed by atoms with Crippen molar-refractivity contribution in [2.75, 3.05) is 14.2 Å². The zero-order valence-electron chi connectivity index (χ0n) is 18.8. The Morgan fingerprint density at radius 1 is 1.19 bits per heavy atom. The largest absolute Gasteiger partial charge is 0.411 e. The molecular weight excluding hydrogens is 356 g/mol. The molecule has 0 heterocycles. The highest BCUT2D eigenvalue weighted by Gasteiger charge is 2.41. The van der Waals surface area contributed by atoms with E-state index in [-0.39, 0.29) is 28.8 Å². The summed E-state index contributed by atoms with van der Waals surface area (Å²) >= 11 is 0. The van der Waals surface area contributed by atoms with Crippen LogP contribution in [-0.4, -0.2) is 40.7 Å². The highest BCUT2D eigenvalue weighted by molar-refractivity contribution is 6.74. The Balaban J connectivity index is 2.91. The fourth-order valence-corrected chi connectivity index (χ4v) is 4.77. The summed E-state index contributed by atoms with van der Waals surface area (Å²) in [5, 5.41) is 0.187. The van der Waals surface area contributed by atoms with Gasteiger partial charge in [-0.25, -0.2) is 0 Å². The summed E-state index contributed by atoms with van der Waals surface area (Å²) in [7, 11) is 1.37. The van der Waals surface area contributed by atoms with Crippen LogP contribution in [0.3, 0.4) is 0 Å². The molecule has 27 heavy (non-hydrogen) atoms. The maximum absolute atomic E-state index is 12.3. The van der Waals surface area contributed by atoms with E-state index in [1.165, 1.54) is 19.3 Å². The average Bonchev–Trinajstić information content (AvgIpc) is 2.94. The van der Waals surface area contributed by atoms with E-state index in [0.29, 0.717) is 6.42 Å². The number of ketones is 1. The molecule has 4 nitrogen and oxygen atoms in total. The molecule has 0 aromatic rings. The lowest BCUT2D eigenvalue weighted by Crippen LogP contribution is -2.43. The van der Waals surface area contributed by atoms with Crippen molar-refractivity contribution in [2.45, 2.75) is 96.7 Å². The first-order valence-corrected chi connectivity index (χ1v) is 13.4. The molecule has 1 aliphatic carbocycles. The first-order chi connectivity index (χ1) is 12.6. The number of hydrogen-bond acceptors (Lipinski definition) is 4. The lowest BCUT2D eigenvalue weighted by Gasteiger charge is -2.39. The Morgan fingerprint density at radius 3 is 2.33 bits per heavy atom. The molecule has 0 N–H and O–H groups in total. The van der Waals surface area contributed by atoms with Crippen molar-refractivity contribution in [1.82, 2.24) is 0 Å². The van der Waals surface area contributed by atoms with Crippen LogP contribution in [0.15, 0.2) is 12.2 Å². The lowest BCUT2D eigenvalue weighted by molar-refractivity contribution is -0.156. The minimum Gasteiger partial charge on any atom is -0.411 e. The highest BCUT2D eigenvalue weighted by atomic mass is 28.4. The van der Waals surface area contributed by atoms with Crippen LogP contribution in [0.1, 0.15) is 66.2 Å². The Bertz CT molecular complexity index is 477. The summed E-state index contributed by atoms with van der Waals surface area (Å²) in [5.74, 6) is 0.200. The van der Waals surface area contributed by atoms with E-state index in [2.05, 4.69) is 52.9 Å². The van der Waals surface area contributed by atoms with Crippen LogP contribution in [-0.2, 0) is 18.7 Å². The van der Waals surface area contributed by atoms with E-state index in [0.717, 1.165) is 12.8 Å². The van der Waals surface area contributed by atoms with Gasteiger partial charge in [-0.3, -0.25) is 4.79 Å². The number of unbranched alkanes of at least 4 members (excludes halogenated alkanes) is 2. The van der Waals surface area contributed by atoms with E-state index in [1.54, 1.807) is 14.2 Å². The third-order valence-corrected chi connectivity index (χ3v) is 10.7. The summed E-state index contributed by atoms with van der Waals surface area (Å²) in [6.07, 6.45) is 10.2. The molecule has 5 heteroatoms. The SMILES string of the molecule is CCCCCC(C=CC1CCC(=O)C1C(OC)OC)O[Si](C)(C)C(C)(C)C. The number of Topliss-reactive ketones (excluding diaryl/α,β-unsaturated/α-hetero) is 1. The van der Waals surface area contributed by atoms with Crippen molar-refractivity contribution in [3.63, 3.8) is 0 Å². The number of carbonyl (C=O) groups is 1. The number of carbonyl (C=O) groups excluding carboxylic acids is 1. The molecule has 0 radical (unpaired) electrons. The first-order valence-electron chi connectivity index (χ1n) is 10.5. The molecule has 1 saturated carbocycles. The lowest BCUT2D eigenvalue weighted by atomic mass is 9.93. The molecule has 0 spiro atoms. The predicted octanol–water partition coefficient (Wildman–Crippen LogP) is 5.73. The summed E-state index contributed by atoms with van der Waals surface area (Å²) in [5.41, 5.74) is 0. The van der Waals surface area contributed by atoms with Gasteiger partial charge in [0.15, 0.2) is 14.6 Å². The van der Waals surface area contributed by atoms with Crippen LogP contribution in [0.5, 0.6) is 0 Å². The number of rotatable bonds is 11. The number of methoxy groups -OCH3 is 2. The van der Waals surface area contributed by atoms with Crippen molar-refractivity contribution in [2.24, 2.45) is 11.8 Å². The summed E-state index contributed by atoms with van der Waals surface area (Å²) in [6, 6.07) is 0.